The number of allylic oxidation sites excluding steroid dienone is 1. The van der Waals surface area contributed by atoms with Crippen LogP contribution < -0.4 is 5.32 Å². The van der Waals surface area contributed by atoms with Gasteiger partial charge in [-0.25, -0.2) is 0 Å². The Balaban J connectivity index is 2.09. The normalized spacial score (nSPS) is 29.2. The van der Waals surface area contributed by atoms with Crippen LogP contribution in [-0.2, 0) is 0 Å². The van der Waals surface area contributed by atoms with E-state index in [-0.39, 0.29) is 0 Å². The highest BCUT2D eigenvalue weighted by atomic mass is 15.0. The van der Waals surface area contributed by atoms with Crippen LogP contribution in [0.15, 0.2) is 36.4 Å². The van der Waals surface area contributed by atoms with E-state index in [0.29, 0.717) is 12.0 Å². The second-order valence-corrected chi connectivity index (χ2v) is 3.57. The second kappa shape index (κ2) is 2.63. The number of rotatable bonds is 0. The van der Waals surface area contributed by atoms with Crippen LogP contribution in [0.25, 0.3) is 0 Å². The van der Waals surface area contributed by atoms with Crippen molar-refractivity contribution in [2.75, 3.05) is 5.32 Å². The van der Waals surface area contributed by atoms with Gasteiger partial charge < -0.3 is 5.32 Å². The molecule has 0 saturated carbocycles. The van der Waals surface area contributed by atoms with Crippen molar-refractivity contribution < 1.29 is 0 Å². The van der Waals surface area contributed by atoms with Crippen molar-refractivity contribution in [3.8, 4) is 0 Å². The molecule has 1 heterocycles. The van der Waals surface area contributed by atoms with Crippen molar-refractivity contribution >= 4 is 5.69 Å². The molecular weight excluding hydrogens is 158 g/mol. The van der Waals surface area contributed by atoms with Crippen LogP contribution >= 0.6 is 0 Å². The number of para-hydroxylation sites is 1. The molecule has 1 aliphatic heterocycles. The van der Waals surface area contributed by atoms with Crippen LogP contribution in [-0.4, -0.2) is 6.04 Å². The van der Waals surface area contributed by atoms with E-state index in [9.17, 15) is 0 Å². The van der Waals surface area contributed by atoms with E-state index in [1.54, 1.807) is 0 Å². The maximum Gasteiger partial charge on any atom is 0.0437 e. The summed E-state index contributed by atoms with van der Waals surface area (Å²) in [6.45, 7) is 0. The summed E-state index contributed by atoms with van der Waals surface area (Å²) in [6.07, 6.45) is 8.90. The Hall–Kier alpha value is -1.24. The van der Waals surface area contributed by atoms with Crippen LogP contribution in [0.3, 0.4) is 0 Å². The zero-order valence-corrected chi connectivity index (χ0v) is 7.33. The molecule has 0 bridgehead atoms. The molecule has 64 valence electrons. The van der Waals surface area contributed by atoms with E-state index in [2.05, 4.69) is 48.2 Å². The number of benzene rings is 1. The van der Waals surface area contributed by atoms with Gasteiger partial charge in [0.2, 0.25) is 0 Å². The Morgan fingerprint density at radius 1 is 1.31 bits per heavy atom. The van der Waals surface area contributed by atoms with Gasteiger partial charge in [-0.05, 0) is 18.1 Å². The van der Waals surface area contributed by atoms with Gasteiger partial charge in [-0.15, -0.1) is 0 Å². The standard InChI is InChI=1S/C12H11N/c1-3-7-11-9(5-1)10-6-2-4-8-12(10)13-11/h1-3,5-7,10,12-13H,4H2. The van der Waals surface area contributed by atoms with E-state index in [1.165, 1.54) is 11.3 Å². The molecule has 1 N–H and O–H groups in total. The molecule has 2 radical (unpaired) electrons. The second-order valence-electron chi connectivity index (χ2n) is 3.57. The SMILES string of the molecule is [C]1CC=CC2c3ccccc3NC12. The average Bonchev–Trinajstić information content (AvgIpc) is 2.56. The number of anilines is 1. The van der Waals surface area contributed by atoms with Gasteiger partial charge in [-0.1, -0.05) is 30.4 Å². The number of hydrogen-bond acceptors (Lipinski definition) is 1. The quantitative estimate of drug-likeness (QED) is 0.589. The molecular formula is C12H11N. The minimum atomic E-state index is 0.405. The smallest absolute Gasteiger partial charge is 0.0437 e. The van der Waals surface area contributed by atoms with Gasteiger partial charge in [0, 0.05) is 24.1 Å². The molecule has 1 aliphatic carbocycles. The minimum absolute atomic E-state index is 0.405. The molecule has 13 heavy (non-hydrogen) atoms. The fraction of sp³-hybridized carbons (Fsp3) is 0.250. The average molecular weight is 169 g/mol. The molecule has 2 aliphatic rings. The Morgan fingerprint density at radius 2 is 2.23 bits per heavy atom. The lowest BCUT2D eigenvalue weighted by molar-refractivity contribution is 0.723. The summed E-state index contributed by atoms with van der Waals surface area (Å²) >= 11 is 0. The lowest BCUT2D eigenvalue weighted by Gasteiger charge is -2.19. The van der Waals surface area contributed by atoms with E-state index in [4.69, 9.17) is 0 Å². The Morgan fingerprint density at radius 3 is 3.23 bits per heavy atom. The third-order valence-corrected chi connectivity index (χ3v) is 2.79. The largest absolute Gasteiger partial charge is 0.381 e. The first-order valence-electron chi connectivity index (χ1n) is 4.71. The van der Waals surface area contributed by atoms with Crippen molar-refractivity contribution in [1.29, 1.82) is 0 Å². The third kappa shape index (κ3) is 0.998. The first-order chi connectivity index (χ1) is 6.45. The maximum absolute atomic E-state index is 3.47. The summed E-state index contributed by atoms with van der Waals surface area (Å²) in [4.78, 5) is 0. The lowest BCUT2D eigenvalue weighted by Crippen LogP contribution is -2.21. The Labute approximate surface area is 78.5 Å². The molecule has 0 fully saturated rings. The molecule has 1 aromatic rings. The highest BCUT2D eigenvalue weighted by Gasteiger charge is 2.31. The van der Waals surface area contributed by atoms with Gasteiger partial charge in [0.05, 0.1) is 0 Å². The topological polar surface area (TPSA) is 12.0 Å². The van der Waals surface area contributed by atoms with Crippen LogP contribution in [0.5, 0.6) is 0 Å². The van der Waals surface area contributed by atoms with E-state index in [1.807, 2.05) is 0 Å². The van der Waals surface area contributed by atoms with Gasteiger partial charge in [0.25, 0.3) is 0 Å². The van der Waals surface area contributed by atoms with Crippen molar-refractivity contribution in [2.45, 2.75) is 18.4 Å². The van der Waals surface area contributed by atoms with E-state index >= 15 is 0 Å². The van der Waals surface area contributed by atoms with Crippen molar-refractivity contribution in [2.24, 2.45) is 0 Å². The van der Waals surface area contributed by atoms with Crippen LogP contribution in [0.1, 0.15) is 17.9 Å². The fourth-order valence-corrected chi connectivity index (χ4v) is 2.16. The first-order valence-corrected chi connectivity index (χ1v) is 4.71. The molecule has 1 aromatic carbocycles. The first kappa shape index (κ1) is 7.19. The monoisotopic (exact) mass is 169 g/mol. The van der Waals surface area contributed by atoms with E-state index < -0.39 is 0 Å². The Bertz CT molecular complexity index is 354. The molecule has 0 amide bonds. The maximum atomic E-state index is 3.47. The zero-order chi connectivity index (χ0) is 8.67. The number of fused-ring (bicyclic) bond motifs is 3. The highest BCUT2D eigenvalue weighted by molar-refractivity contribution is 5.62. The predicted molar refractivity (Wildman–Crippen MR) is 53.6 cm³/mol. The molecule has 1 nitrogen and oxygen atoms in total. The summed E-state index contributed by atoms with van der Waals surface area (Å²) in [5.74, 6) is 0.518. The number of nitrogens with one attached hydrogen (secondary N) is 1. The van der Waals surface area contributed by atoms with Gasteiger partial charge in [0.1, 0.15) is 0 Å². The van der Waals surface area contributed by atoms with Crippen LogP contribution in [0, 0.1) is 6.42 Å². The summed E-state index contributed by atoms with van der Waals surface area (Å²) in [5, 5.41) is 3.47. The van der Waals surface area contributed by atoms with Gasteiger partial charge in [0.15, 0.2) is 0 Å². The summed E-state index contributed by atoms with van der Waals surface area (Å²) in [6, 6.07) is 8.92. The molecule has 2 unspecified atom stereocenters. The van der Waals surface area contributed by atoms with Gasteiger partial charge in [-0.3, -0.25) is 0 Å². The van der Waals surface area contributed by atoms with Crippen LogP contribution in [0.4, 0.5) is 5.69 Å². The fourth-order valence-electron chi connectivity index (χ4n) is 2.16. The summed E-state index contributed by atoms with van der Waals surface area (Å²) in [5.41, 5.74) is 2.69. The summed E-state index contributed by atoms with van der Waals surface area (Å²) < 4.78 is 0. The zero-order valence-electron chi connectivity index (χ0n) is 7.33. The number of hydrogen-bond donors (Lipinski definition) is 1. The molecule has 1 heteroatoms. The Kier molecular flexibility index (Phi) is 1.45. The van der Waals surface area contributed by atoms with E-state index in [0.717, 1.165) is 6.42 Å². The van der Waals surface area contributed by atoms with Crippen LogP contribution in [0.2, 0.25) is 0 Å². The predicted octanol–water partition coefficient (Wildman–Crippen LogP) is 2.61. The minimum Gasteiger partial charge on any atom is -0.381 e. The third-order valence-electron chi connectivity index (χ3n) is 2.79. The van der Waals surface area contributed by atoms with Gasteiger partial charge >= 0.3 is 0 Å². The molecule has 0 saturated heterocycles. The molecule has 0 aromatic heterocycles. The molecule has 3 rings (SSSR count). The van der Waals surface area contributed by atoms with Crippen molar-refractivity contribution in [3.63, 3.8) is 0 Å². The van der Waals surface area contributed by atoms with Crippen molar-refractivity contribution in [3.05, 3.63) is 48.4 Å². The van der Waals surface area contributed by atoms with Gasteiger partial charge in [-0.2, -0.15) is 0 Å². The van der Waals surface area contributed by atoms with Crippen molar-refractivity contribution in [1.82, 2.24) is 0 Å². The molecule has 0 spiro atoms. The molecule has 2 atom stereocenters. The summed E-state index contributed by atoms with van der Waals surface area (Å²) in [7, 11) is 0. The highest BCUT2D eigenvalue weighted by Crippen LogP contribution is 2.39. The lowest BCUT2D eigenvalue weighted by atomic mass is 9.88.